The molecule has 2 N–H and O–H groups in total. The van der Waals surface area contributed by atoms with Crippen LogP contribution in [0.3, 0.4) is 0 Å². The number of carbonyl (C=O) groups is 1. The van der Waals surface area contributed by atoms with Crippen molar-refractivity contribution in [1.29, 1.82) is 0 Å². The number of nitrogens with one attached hydrogen (secondary N) is 2. The third kappa shape index (κ3) is 6.75. The van der Waals surface area contributed by atoms with Crippen molar-refractivity contribution in [2.45, 2.75) is 13.0 Å². The third-order valence-electron chi connectivity index (χ3n) is 6.45. The van der Waals surface area contributed by atoms with Crippen molar-refractivity contribution in [2.24, 2.45) is 0 Å². The number of hydrogen-bond acceptors (Lipinski definition) is 7. The molecule has 8 nitrogen and oxygen atoms in total. The van der Waals surface area contributed by atoms with Crippen LogP contribution in [0.25, 0.3) is 11.3 Å². The minimum atomic E-state index is -0.129. The Kier molecular flexibility index (Phi) is 7.78. The average Bonchev–Trinajstić information content (AvgIpc) is 3.14. The largest absolute Gasteiger partial charge is 0.324 e. The molecule has 1 fully saturated rings. The maximum atomic E-state index is 12.8. The van der Waals surface area contributed by atoms with Gasteiger partial charge in [-0.2, -0.15) is 0 Å². The number of carbonyl (C=O) groups excluding carboxylic acids is 1. The number of rotatable bonds is 7. The highest BCUT2D eigenvalue weighted by Crippen LogP contribution is 2.20. The van der Waals surface area contributed by atoms with E-state index >= 15 is 0 Å². The van der Waals surface area contributed by atoms with E-state index in [0.717, 1.165) is 55.4 Å². The highest BCUT2D eigenvalue weighted by atomic mass is 16.1. The van der Waals surface area contributed by atoms with E-state index in [1.165, 1.54) is 12.0 Å². The lowest BCUT2D eigenvalue weighted by Crippen LogP contribution is -2.28. The molecular weight excluding hydrogens is 462 g/mol. The van der Waals surface area contributed by atoms with Crippen LogP contribution in [-0.2, 0) is 6.54 Å². The van der Waals surface area contributed by atoms with Gasteiger partial charge in [0.05, 0.1) is 5.69 Å². The highest BCUT2D eigenvalue weighted by molar-refractivity contribution is 6.04. The van der Waals surface area contributed by atoms with Crippen molar-refractivity contribution in [3.8, 4) is 11.3 Å². The number of pyridine rings is 1. The summed E-state index contributed by atoms with van der Waals surface area (Å²) in [4.78, 5) is 30.7. The zero-order chi connectivity index (χ0) is 25.5. The standard InChI is InChI=1S/C29H31N7O/c1-35-16-3-17-36(19-18-35)21-22-5-7-23(8-6-22)28(37)32-25-9-11-26(12-10-25)33-29-31-15-13-27(34-29)24-4-2-14-30-20-24/h2,4-15,20H,3,16-19,21H2,1H3,(H,32,37)(H,31,33,34). The molecule has 0 spiro atoms. The minimum Gasteiger partial charge on any atom is -0.324 e. The fourth-order valence-electron chi connectivity index (χ4n) is 4.34. The Labute approximate surface area is 217 Å². The second-order valence-corrected chi connectivity index (χ2v) is 9.29. The van der Waals surface area contributed by atoms with Crippen LogP contribution in [0.1, 0.15) is 22.3 Å². The van der Waals surface area contributed by atoms with E-state index in [1.54, 1.807) is 18.6 Å². The first kappa shape index (κ1) is 24.5. The molecule has 1 saturated heterocycles. The fourth-order valence-corrected chi connectivity index (χ4v) is 4.34. The topological polar surface area (TPSA) is 86.3 Å². The van der Waals surface area contributed by atoms with Crippen molar-refractivity contribution in [3.63, 3.8) is 0 Å². The normalized spacial score (nSPS) is 14.6. The van der Waals surface area contributed by atoms with Crippen molar-refractivity contribution in [1.82, 2.24) is 24.8 Å². The van der Waals surface area contributed by atoms with E-state index < -0.39 is 0 Å². The van der Waals surface area contributed by atoms with Crippen molar-refractivity contribution in [2.75, 3.05) is 43.9 Å². The molecule has 188 valence electrons. The number of nitrogens with zero attached hydrogens (tertiary/aromatic N) is 5. The lowest BCUT2D eigenvalue weighted by molar-refractivity contribution is 0.102. The van der Waals surface area contributed by atoms with Crippen LogP contribution < -0.4 is 10.6 Å². The van der Waals surface area contributed by atoms with Gasteiger partial charge in [0.1, 0.15) is 0 Å². The monoisotopic (exact) mass is 493 g/mol. The van der Waals surface area contributed by atoms with Crippen LogP contribution in [0.2, 0.25) is 0 Å². The van der Waals surface area contributed by atoms with E-state index in [2.05, 4.69) is 54.6 Å². The maximum Gasteiger partial charge on any atom is 0.255 e. The summed E-state index contributed by atoms with van der Waals surface area (Å²) in [7, 11) is 2.18. The Hall–Kier alpha value is -4.14. The molecular formula is C29H31N7O. The van der Waals surface area contributed by atoms with E-state index in [1.807, 2.05) is 54.6 Å². The van der Waals surface area contributed by atoms with Gasteiger partial charge in [0.15, 0.2) is 0 Å². The molecule has 0 aliphatic carbocycles. The zero-order valence-electron chi connectivity index (χ0n) is 21.0. The Morgan fingerprint density at radius 1 is 0.892 bits per heavy atom. The second kappa shape index (κ2) is 11.7. The molecule has 1 amide bonds. The predicted octanol–water partition coefficient (Wildman–Crippen LogP) is 4.67. The fraction of sp³-hybridized carbons (Fsp3) is 0.241. The summed E-state index contributed by atoms with van der Waals surface area (Å²) in [5, 5.41) is 6.18. The van der Waals surface area contributed by atoms with Gasteiger partial charge in [-0.1, -0.05) is 12.1 Å². The summed E-state index contributed by atoms with van der Waals surface area (Å²) in [5.74, 6) is 0.363. The molecule has 8 heteroatoms. The van der Waals surface area contributed by atoms with E-state index in [4.69, 9.17) is 0 Å². The number of aromatic nitrogens is 3. The molecule has 1 aliphatic rings. The van der Waals surface area contributed by atoms with Crippen LogP contribution in [0.4, 0.5) is 17.3 Å². The molecule has 1 aliphatic heterocycles. The van der Waals surface area contributed by atoms with Crippen LogP contribution in [0.15, 0.2) is 85.3 Å². The van der Waals surface area contributed by atoms with Gasteiger partial charge >= 0.3 is 0 Å². The molecule has 2 aromatic carbocycles. The molecule has 0 radical (unpaired) electrons. The van der Waals surface area contributed by atoms with E-state index in [-0.39, 0.29) is 5.91 Å². The van der Waals surface area contributed by atoms with Crippen molar-refractivity contribution < 1.29 is 4.79 Å². The van der Waals surface area contributed by atoms with Gasteiger partial charge in [-0.25, -0.2) is 9.97 Å². The van der Waals surface area contributed by atoms with E-state index in [9.17, 15) is 4.79 Å². The molecule has 4 aromatic rings. The smallest absolute Gasteiger partial charge is 0.255 e. The van der Waals surface area contributed by atoms with Crippen molar-refractivity contribution in [3.05, 3.63) is 96.4 Å². The first-order valence-corrected chi connectivity index (χ1v) is 12.5. The quantitative estimate of drug-likeness (QED) is 0.387. The zero-order valence-corrected chi connectivity index (χ0v) is 21.0. The lowest BCUT2D eigenvalue weighted by atomic mass is 10.1. The molecule has 37 heavy (non-hydrogen) atoms. The van der Waals surface area contributed by atoms with Crippen LogP contribution >= 0.6 is 0 Å². The number of likely N-dealkylation sites (N-methyl/N-ethyl adjacent to an activating group) is 1. The number of benzene rings is 2. The summed E-state index contributed by atoms with van der Waals surface area (Å²) in [5.41, 5.74) is 5.13. The van der Waals surface area contributed by atoms with Crippen molar-refractivity contribution >= 4 is 23.2 Å². The van der Waals surface area contributed by atoms with Gasteiger partial charge in [0, 0.05) is 60.7 Å². The number of amides is 1. The Balaban J connectivity index is 1.16. The van der Waals surface area contributed by atoms with Gasteiger partial charge in [-0.15, -0.1) is 0 Å². The van der Waals surface area contributed by atoms with Crippen LogP contribution in [0.5, 0.6) is 0 Å². The van der Waals surface area contributed by atoms with Crippen LogP contribution in [0, 0.1) is 0 Å². The van der Waals surface area contributed by atoms with Gasteiger partial charge in [0.25, 0.3) is 5.91 Å². The summed E-state index contributed by atoms with van der Waals surface area (Å²) in [6.45, 7) is 5.35. The lowest BCUT2D eigenvalue weighted by Gasteiger charge is -2.20. The average molecular weight is 494 g/mol. The van der Waals surface area contributed by atoms with Gasteiger partial charge in [0.2, 0.25) is 5.95 Å². The molecule has 0 bridgehead atoms. The highest BCUT2D eigenvalue weighted by Gasteiger charge is 2.13. The number of hydrogen-bond donors (Lipinski definition) is 2. The molecule has 2 aromatic heterocycles. The second-order valence-electron chi connectivity index (χ2n) is 9.29. The summed E-state index contributed by atoms with van der Waals surface area (Å²) in [6, 6.07) is 21.1. The molecule has 0 saturated carbocycles. The SMILES string of the molecule is CN1CCCN(Cc2ccc(C(=O)Nc3ccc(Nc4nccc(-c5cccnc5)n4)cc3)cc2)CC1. The van der Waals surface area contributed by atoms with E-state index in [0.29, 0.717) is 11.5 Å². The van der Waals surface area contributed by atoms with Crippen LogP contribution in [-0.4, -0.2) is 63.9 Å². The predicted molar refractivity (Wildman–Crippen MR) is 147 cm³/mol. The molecule has 0 atom stereocenters. The van der Waals surface area contributed by atoms with Gasteiger partial charge < -0.3 is 15.5 Å². The maximum absolute atomic E-state index is 12.8. The molecule has 0 unspecified atom stereocenters. The Morgan fingerprint density at radius 2 is 1.70 bits per heavy atom. The summed E-state index contributed by atoms with van der Waals surface area (Å²) in [6.07, 6.45) is 6.40. The summed E-state index contributed by atoms with van der Waals surface area (Å²) >= 11 is 0. The summed E-state index contributed by atoms with van der Waals surface area (Å²) < 4.78 is 0. The molecule has 3 heterocycles. The number of anilines is 3. The molecule has 5 rings (SSSR count). The first-order valence-electron chi connectivity index (χ1n) is 12.5. The third-order valence-corrected chi connectivity index (χ3v) is 6.45. The Bertz CT molecular complexity index is 1310. The minimum absolute atomic E-state index is 0.129. The van der Waals surface area contributed by atoms with Gasteiger partial charge in [-0.3, -0.25) is 14.7 Å². The Morgan fingerprint density at radius 3 is 2.49 bits per heavy atom. The first-order chi connectivity index (χ1) is 18.1. The van der Waals surface area contributed by atoms with Gasteiger partial charge in [-0.05, 0) is 86.7 Å².